The summed E-state index contributed by atoms with van der Waals surface area (Å²) in [4.78, 5) is 19.2. The van der Waals surface area contributed by atoms with Crippen molar-refractivity contribution in [3.63, 3.8) is 0 Å². The third-order valence-electron chi connectivity index (χ3n) is 4.62. The van der Waals surface area contributed by atoms with Crippen LogP contribution in [0.3, 0.4) is 0 Å². The molecule has 2 aromatic carbocycles. The number of aromatic nitrogens is 1. The van der Waals surface area contributed by atoms with Gasteiger partial charge in [-0.1, -0.05) is 42.0 Å². The quantitative estimate of drug-likeness (QED) is 0.671. The molecule has 1 fully saturated rings. The van der Waals surface area contributed by atoms with Crippen molar-refractivity contribution in [1.29, 1.82) is 0 Å². The van der Waals surface area contributed by atoms with Crippen LogP contribution in [-0.4, -0.2) is 35.5 Å². The number of halogens is 1. The van der Waals surface area contributed by atoms with E-state index in [1.54, 1.807) is 22.4 Å². The molecule has 4 rings (SSSR count). The summed E-state index contributed by atoms with van der Waals surface area (Å²) < 4.78 is 18.9. The number of ether oxygens (including phenoxy) is 1. The average Bonchev–Trinajstić information content (AvgIpc) is 3.19. The number of amides is 1. The van der Waals surface area contributed by atoms with Gasteiger partial charge in [0.25, 0.3) is 5.91 Å². The molecule has 1 saturated heterocycles. The number of thiazole rings is 1. The Balaban J connectivity index is 1.49. The minimum Gasteiger partial charge on any atom is -0.370 e. The zero-order valence-corrected chi connectivity index (χ0v) is 15.7. The van der Waals surface area contributed by atoms with E-state index in [9.17, 15) is 9.18 Å². The van der Waals surface area contributed by atoms with Crippen LogP contribution in [-0.2, 0) is 4.74 Å². The summed E-state index contributed by atoms with van der Waals surface area (Å²) in [6.07, 6.45) is -0.251. The molecule has 0 bridgehead atoms. The van der Waals surface area contributed by atoms with Crippen LogP contribution in [0.5, 0.6) is 0 Å². The van der Waals surface area contributed by atoms with E-state index in [1.165, 1.54) is 29.0 Å². The van der Waals surface area contributed by atoms with Crippen LogP contribution in [0.15, 0.2) is 53.9 Å². The van der Waals surface area contributed by atoms with Gasteiger partial charge >= 0.3 is 0 Å². The predicted octanol–water partition coefficient (Wildman–Crippen LogP) is 4.47. The maximum absolute atomic E-state index is 13.1. The number of morpholine rings is 1. The highest BCUT2D eigenvalue weighted by molar-refractivity contribution is 7.13. The Labute approximate surface area is 161 Å². The van der Waals surface area contributed by atoms with E-state index >= 15 is 0 Å². The molecule has 4 nitrogen and oxygen atoms in total. The summed E-state index contributed by atoms with van der Waals surface area (Å²) in [6, 6.07) is 14.3. The van der Waals surface area contributed by atoms with Gasteiger partial charge in [0.15, 0.2) is 0 Å². The molecule has 6 heteroatoms. The standard InChI is InChI=1S/C21H19FN2O2S/c1-14-2-4-16(5-3-14)20-23-18(13-27-20)21(25)24-10-11-26-19(12-24)15-6-8-17(22)9-7-15/h2-9,13,19H,10-12H2,1H3. The van der Waals surface area contributed by atoms with Gasteiger partial charge in [0.1, 0.15) is 22.6 Å². The first-order valence-electron chi connectivity index (χ1n) is 8.79. The zero-order chi connectivity index (χ0) is 18.8. The van der Waals surface area contributed by atoms with Crippen molar-refractivity contribution in [1.82, 2.24) is 9.88 Å². The monoisotopic (exact) mass is 382 g/mol. The first-order valence-corrected chi connectivity index (χ1v) is 9.67. The van der Waals surface area contributed by atoms with Crippen molar-refractivity contribution in [2.75, 3.05) is 19.7 Å². The molecule has 0 N–H and O–H groups in total. The molecule has 0 aliphatic carbocycles. The normalized spacial score (nSPS) is 17.1. The van der Waals surface area contributed by atoms with Crippen LogP contribution < -0.4 is 0 Å². The minimum atomic E-state index is -0.284. The third kappa shape index (κ3) is 3.91. The summed E-state index contributed by atoms with van der Waals surface area (Å²) in [6.45, 7) is 3.44. The Morgan fingerprint density at radius 3 is 2.67 bits per heavy atom. The fraction of sp³-hybridized carbons (Fsp3) is 0.238. The van der Waals surface area contributed by atoms with Crippen molar-refractivity contribution >= 4 is 17.2 Å². The Kier molecular flexibility index (Phi) is 5.01. The lowest BCUT2D eigenvalue weighted by Gasteiger charge is -2.32. The number of nitrogens with zero attached hydrogens (tertiary/aromatic N) is 2. The van der Waals surface area contributed by atoms with E-state index in [4.69, 9.17) is 4.74 Å². The highest BCUT2D eigenvalue weighted by Crippen LogP contribution is 2.27. The van der Waals surface area contributed by atoms with Crippen LogP contribution in [0.1, 0.15) is 27.7 Å². The Morgan fingerprint density at radius 2 is 1.93 bits per heavy atom. The molecule has 27 heavy (non-hydrogen) atoms. The van der Waals surface area contributed by atoms with E-state index in [1.807, 2.05) is 31.2 Å². The third-order valence-corrected chi connectivity index (χ3v) is 5.51. The second-order valence-corrected chi connectivity index (χ2v) is 7.42. The average molecular weight is 382 g/mol. The molecule has 0 saturated carbocycles. The molecule has 1 amide bonds. The molecule has 1 atom stereocenters. The Hall–Kier alpha value is -2.57. The summed E-state index contributed by atoms with van der Waals surface area (Å²) >= 11 is 1.47. The van der Waals surface area contributed by atoms with Gasteiger partial charge < -0.3 is 9.64 Å². The van der Waals surface area contributed by atoms with Gasteiger partial charge in [-0.15, -0.1) is 11.3 Å². The smallest absolute Gasteiger partial charge is 0.273 e. The van der Waals surface area contributed by atoms with Gasteiger partial charge in [0.2, 0.25) is 0 Å². The molecule has 1 aliphatic heterocycles. The molecule has 1 aromatic heterocycles. The summed E-state index contributed by atoms with van der Waals surface area (Å²) in [5.74, 6) is -0.381. The number of carbonyl (C=O) groups excluding carboxylic acids is 1. The summed E-state index contributed by atoms with van der Waals surface area (Å²) in [5, 5.41) is 2.64. The van der Waals surface area contributed by atoms with Gasteiger partial charge in [-0.05, 0) is 24.6 Å². The maximum Gasteiger partial charge on any atom is 0.273 e. The van der Waals surface area contributed by atoms with Gasteiger partial charge in [0, 0.05) is 17.5 Å². The first-order chi connectivity index (χ1) is 13.1. The lowest BCUT2D eigenvalue weighted by molar-refractivity contribution is -0.0230. The number of carbonyl (C=O) groups is 1. The van der Waals surface area contributed by atoms with E-state index in [0.29, 0.717) is 25.4 Å². The van der Waals surface area contributed by atoms with Crippen molar-refractivity contribution in [3.05, 3.63) is 76.5 Å². The molecule has 1 unspecified atom stereocenters. The molecule has 138 valence electrons. The lowest BCUT2D eigenvalue weighted by Crippen LogP contribution is -2.42. The highest BCUT2D eigenvalue weighted by atomic mass is 32.1. The summed E-state index contributed by atoms with van der Waals surface area (Å²) in [7, 11) is 0. The fourth-order valence-electron chi connectivity index (χ4n) is 3.08. The zero-order valence-electron chi connectivity index (χ0n) is 14.9. The fourth-order valence-corrected chi connectivity index (χ4v) is 3.88. The largest absolute Gasteiger partial charge is 0.370 e. The van der Waals surface area contributed by atoms with Gasteiger partial charge in [-0.25, -0.2) is 9.37 Å². The molecular formula is C21H19FN2O2S. The maximum atomic E-state index is 13.1. The number of hydrogen-bond acceptors (Lipinski definition) is 4. The van der Waals surface area contributed by atoms with Crippen molar-refractivity contribution < 1.29 is 13.9 Å². The van der Waals surface area contributed by atoms with E-state index in [0.717, 1.165) is 16.1 Å². The van der Waals surface area contributed by atoms with Crippen LogP contribution in [0.2, 0.25) is 0 Å². The number of benzene rings is 2. The highest BCUT2D eigenvalue weighted by Gasteiger charge is 2.27. The molecular weight excluding hydrogens is 363 g/mol. The second-order valence-electron chi connectivity index (χ2n) is 6.57. The van der Waals surface area contributed by atoms with E-state index in [-0.39, 0.29) is 17.8 Å². The second kappa shape index (κ2) is 7.58. The first kappa shape index (κ1) is 17.8. The molecule has 3 aromatic rings. The van der Waals surface area contributed by atoms with Crippen LogP contribution >= 0.6 is 11.3 Å². The molecule has 1 aliphatic rings. The molecule has 0 radical (unpaired) electrons. The minimum absolute atomic E-state index is 0.0972. The Bertz CT molecular complexity index is 938. The van der Waals surface area contributed by atoms with Crippen molar-refractivity contribution in [3.8, 4) is 10.6 Å². The number of hydrogen-bond donors (Lipinski definition) is 0. The predicted molar refractivity (Wildman–Crippen MR) is 103 cm³/mol. The van der Waals surface area contributed by atoms with E-state index in [2.05, 4.69) is 4.98 Å². The molecule has 2 heterocycles. The van der Waals surface area contributed by atoms with Gasteiger partial charge in [0.05, 0.1) is 13.2 Å². The SMILES string of the molecule is Cc1ccc(-c2nc(C(=O)N3CCOC(c4ccc(F)cc4)C3)cs2)cc1. The topological polar surface area (TPSA) is 42.4 Å². The van der Waals surface area contributed by atoms with Crippen molar-refractivity contribution in [2.45, 2.75) is 13.0 Å². The molecule has 0 spiro atoms. The van der Waals surface area contributed by atoms with Gasteiger partial charge in [-0.2, -0.15) is 0 Å². The number of aryl methyl sites for hydroxylation is 1. The number of rotatable bonds is 3. The Morgan fingerprint density at radius 1 is 1.19 bits per heavy atom. The van der Waals surface area contributed by atoms with E-state index < -0.39 is 0 Å². The lowest BCUT2D eigenvalue weighted by atomic mass is 10.1. The van der Waals surface area contributed by atoms with Crippen molar-refractivity contribution in [2.24, 2.45) is 0 Å². The summed E-state index contributed by atoms with van der Waals surface area (Å²) in [5.41, 5.74) is 3.52. The van der Waals surface area contributed by atoms with Crippen LogP contribution in [0.4, 0.5) is 4.39 Å². The van der Waals surface area contributed by atoms with Crippen LogP contribution in [0.25, 0.3) is 10.6 Å². The van der Waals surface area contributed by atoms with Crippen LogP contribution in [0, 0.1) is 12.7 Å². The van der Waals surface area contributed by atoms with Gasteiger partial charge in [-0.3, -0.25) is 4.79 Å².